The van der Waals surface area contributed by atoms with Gasteiger partial charge in [0.1, 0.15) is 11.9 Å². The van der Waals surface area contributed by atoms with Crippen LogP contribution in [-0.4, -0.2) is 60.1 Å². The number of carbonyl (C=O) groups excluding carboxylic acids is 1. The Morgan fingerprint density at radius 2 is 2.24 bits per heavy atom. The first-order valence-corrected chi connectivity index (χ1v) is 9.94. The van der Waals surface area contributed by atoms with Crippen LogP contribution in [-0.2, 0) is 0 Å². The van der Waals surface area contributed by atoms with E-state index in [0.29, 0.717) is 5.56 Å². The number of piperidine rings is 1. The minimum atomic E-state index is 0.128. The lowest BCUT2D eigenvalue weighted by Gasteiger charge is -2.38. The summed E-state index contributed by atoms with van der Waals surface area (Å²) in [5, 5.41) is 10.3. The van der Waals surface area contributed by atoms with Gasteiger partial charge in [-0.2, -0.15) is 5.26 Å². The Kier molecular flexibility index (Phi) is 4.29. The summed E-state index contributed by atoms with van der Waals surface area (Å²) in [6, 6.07) is 4.62. The van der Waals surface area contributed by atoms with Gasteiger partial charge in [-0.05, 0) is 34.8 Å². The molecule has 0 unspecified atom stereocenters. The molecular weight excluding hydrogens is 402 g/mol. The van der Waals surface area contributed by atoms with Gasteiger partial charge in [-0.15, -0.1) is 11.3 Å². The molecule has 2 saturated heterocycles. The molecule has 2 amide bonds. The highest BCUT2D eigenvalue weighted by Gasteiger charge is 2.34. The average Bonchev–Trinajstić information content (AvgIpc) is 3.16. The second-order valence-corrected chi connectivity index (χ2v) is 8.97. The molecule has 0 spiro atoms. The van der Waals surface area contributed by atoms with Crippen molar-refractivity contribution in [2.45, 2.75) is 18.9 Å². The van der Waals surface area contributed by atoms with Gasteiger partial charge in [0.15, 0.2) is 0 Å². The minimum Gasteiger partial charge on any atom is -0.354 e. The largest absolute Gasteiger partial charge is 0.354 e. The fraction of sp³-hybridized carbons (Fsp3) is 0.471. The number of pyridine rings is 1. The van der Waals surface area contributed by atoms with Crippen molar-refractivity contribution < 1.29 is 4.79 Å². The van der Waals surface area contributed by atoms with Crippen molar-refractivity contribution in [1.82, 2.24) is 14.8 Å². The summed E-state index contributed by atoms with van der Waals surface area (Å²) in [5.41, 5.74) is 0.611. The lowest BCUT2D eigenvalue weighted by atomic mass is 10.0. The number of hydrogen-bond donors (Lipinski definition) is 0. The van der Waals surface area contributed by atoms with E-state index in [0.717, 1.165) is 58.7 Å². The van der Waals surface area contributed by atoms with E-state index in [1.165, 1.54) is 0 Å². The third-order valence-corrected chi connectivity index (χ3v) is 6.68. The molecular formula is C17H18BrN5OS. The van der Waals surface area contributed by atoms with E-state index in [-0.39, 0.29) is 12.1 Å². The maximum absolute atomic E-state index is 12.3. The smallest absolute Gasteiger partial charge is 0.320 e. The number of urea groups is 1. The van der Waals surface area contributed by atoms with Crippen LogP contribution < -0.4 is 4.90 Å². The number of carbonyl (C=O) groups is 1. The van der Waals surface area contributed by atoms with Gasteiger partial charge in [0.2, 0.25) is 0 Å². The van der Waals surface area contributed by atoms with E-state index in [1.807, 2.05) is 18.0 Å². The van der Waals surface area contributed by atoms with Crippen molar-refractivity contribution in [2.24, 2.45) is 0 Å². The SMILES string of the molecule is CN1CCN([C@@H]2CCCN(c3ncc(C#N)c4sc(Br)cc34)C2)C1=O. The fourth-order valence-electron chi connectivity index (χ4n) is 3.72. The number of likely N-dealkylation sites (N-methyl/N-ethyl adjacent to an activating group) is 1. The van der Waals surface area contributed by atoms with Crippen molar-refractivity contribution in [2.75, 3.05) is 38.1 Å². The first-order chi connectivity index (χ1) is 12.1. The molecule has 0 radical (unpaired) electrons. The van der Waals surface area contributed by atoms with Crippen LogP contribution in [0.1, 0.15) is 18.4 Å². The zero-order valence-corrected chi connectivity index (χ0v) is 16.3. The predicted molar refractivity (Wildman–Crippen MR) is 102 cm³/mol. The lowest BCUT2D eigenvalue weighted by molar-refractivity contribution is 0.175. The van der Waals surface area contributed by atoms with Crippen LogP contribution in [0.2, 0.25) is 0 Å². The second-order valence-electron chi connectivity index (χ2n) is 6.54. The van der Waals surface area contributed by atoms with Gasteiger partial charge < -0.3 is 14.7 Å². The number of halogens is 1. The van der Waals surface area contributed by atoms with E-state index in [9.17, 15) is 10.1 Å². The summed E-state index contributed by atoms with van der Waals surface area (Å²) in [5.74, 6) is 0.917. The zero-order chi connectivity index (χ0) is 17.6. The first kappa shape index (κ1) is 16.6. The van der Waals surface area contributed by atoms with Crippen molar-refractivity contribution in [1.29, 1.82) is 5.26 Å². The van der Waals surface area contributed by atoms with E-state index < -0.39 is 0 Å². The van der Waals surface area contributed by atoms with Crippen molar-refractivity contribution >= 4 is 49.2 Å². The molecule has 4 rings (SSSR count). The molecule has 2 aromatic rings. The van der Waals surface area contributed by atoms with Crippen LogP contribution in [0, 0.1) is 11.3 Å². The molecule has 0 aliphatic carbocycles. The lowest BCUT2D eigenvalue weighted by Crippen LogP contribution is -2.49. The predicted octanol–water partition coefficient (Wildman–Crippen LogP) is 3.27. The number of thiophene rings is 1. The third kappa shape index (κ3) is 2.85. The maximum Gasteiger partial charge on any atom is 0.320 e. The Morgan fingerprint density at radius 3 is 2.96 bits per heavy atom. The Labute approximate surface area is 158 Å². The first-order valence-electron chi connectivity index (χ1n) is 8.33. The van der Waals surface area contributed by atoms with Gasteiger partial charge in [-0.1, -0.05) is 0 Å². The van der Waals surface area contributed by atoms with Gasteiger partial charge in [0.25, 0.3) is 0 Å². The summed E-state index contributed by atoms with van der Waals surface area (Å²) < 4.78 is 1.97. The van der Waals surface area contributed by atoms with E-state index in [1.54, 1.807) is 22.4 Å². The number of rotatable bonds is 2. The highest BCUT2D eigenvalue weighted by atomic mass is 79.9. The molecule has 0 aromatic carbocycles. The summed E-state index contributed by atoms with van der Waals surface area (Å²) in [4.78, 5) is 23.0. The van der Waals surface area contributed by atoms with Crippen LogP contribution in [0.5, 0.6) is 0 Å². The monoisotopic (exact) mass is 419 g/mol. The second kappa shape index (κ2) is 6.46. The molecule has 2 aliphatic heterocycles. The van der Waals surface area contributed by atoms with Crippen molar-refractivity contribution in [3.8, 4) is 6.07 Å². The van der Waals surface area contributed by atoms with Gasteiger partial charge in [0, 0.05) is 44.8 Å². The number of anilines is 1. The summed E-state index contributed by atoms with van der Waals surface area (Å²) in [6.07, 6.45) is 3.73. The molecule has 0 N–H and O–H groups in total. The summed E-state index contributed by atoms with van der Waals surface area (Å²) in [7, 11) is 1.86. The van der Waals surface area contributed by atoms with E-state index in [4.69, 9.17) is 0 Å². The molecule has 6 nitrogen and oxygen atoms in total. The van der Waals surface area contributed by atoms with E-state index in [2.05, 4.69) is 31.9 Å². The van der Waals surface area contributed by atoms with E-state index >= 15 is 0 Å². The molecule has 25 heavy (non-hydrogen) atoms. The summed E-state index contributed by atoms with van der Waals surface area (Å²) >= 11 is 5.10. The van der Waals surface area contributed by atoms with Crippen LogP contribution in [0.3, 0.4) is 0 Å². The molecule has 2 aromatic heterocycles. The topological polar surface area (TPSA) is 63.5 Å². The summed E-state index contributed by atoms with van der Waals surface area (Å²) in [6.45, 7) is 3.32. The number of nitrogens with zero attached hydrogens (tertiary/aromatic N) is 5. The van der Waals surface area contributed by atoms with Gasteiger partial charge >= 0.3 is 6.03 Å². The Morgan fingerprint density at radius 1 is 1.40 bits per heavy atom. The number of fused-ring (bicyclic) bond motifs is 1. The van der Waals surface area contributed by atoms with Gasteiger partial charge in [-0.3, -0.25) is 0 Å². The van der Waals surface area contributed by atoms with Crippen LogP contribution in [0.4, 0.5) is 10.6 Å². The van der Waals surface area contributed by atoms with Gasteiger partial charge in [-0.25, -0.2) is 9.78 Å². The fourth-order valence-corrected chi connectivity index (χ4v) is 5.28. The van der Waals surface area contributed by atoms with Crippen LogP contribution in [0.15, 0.2) is 16.0 Å². The van der Waals surface area contributed by atoms with Gasteiger partial charge in [0.05, 0.1) is 20.1 Å². The minimum absolute atomic E-state index is 0.128. The van der Waals surface area contributed by atoms with Crippen molar-refractivity contribution in [3.05, 3.63) is 21.6 Å². The molecule has 0 bridgehead atoms. The Hall–Kier alpha value is -1.85. The normalized spacial score (nSPS) is 21.2. The Bertz CT molecular complexity index is 876. The standard InChI is InChI=1S/C17H18BrN5OS/c1-21-5-6-23(17(21)24)12-3-2-4-22(10-12)16-13-7-14(18)25-15(13)11(8-19)9-20-16/h7,9,12H,2-6,10H2,1H3/t12-/m1/s1. The number of amides is 2. The zero-order valence-electron chi connectivity index (χ0n) is 13.9. The molecule has 130 valence electrons. The maximum atomic E-state index is 12.3. The average molecular weight is 420 g/mol. The quantitative estimate of drug-likeness (QED) is 0.748. The molecule has 2 aliphatic rings. The number of nitriles is 1. The molecule has 2 fully saturated rings. The molecule has 8 heteroatoms. The molecule has 4 heterocycles. The number of aromatic nitrogens is 1. The highest BCUT2D eigenvalue weighted by Crippen LogP contribution is 2.37. The highest BCUT2D eigenvalue weighted by molar-refractivity contribution is 9.11. The number of hydrogen-bond acceptors (Lipinski definition) is 5. The van der Waals surface area contributed by atoms with Crippen LogP contribution in [0.25, 0.3) is 10.1 Å². The molecule has 1 atom stereocenters. The third-order valence-electron chi connectivity index (χ3n) is 5.01. The molecule has 0 saturated carbocycles. The Balaban J connectivity index is 1.65. The van der Waals surface area contributed by atoms with Crippen LogP contribution >= 0.6 is 27.3 Å². The van der Waals surface area contributed by atoms with Crippen molar-refractivity contribution in [3.63, 3.8) is 0 Å².